The molecule has 4 aromatic rings. The molecule has 170 valence electrons. The Morgan fingerprint density at radius 2 is 1.25 bits per heavy atom. The highest BCUT2D eigenvalue weighted by atomic mass is 19.4. The molecular weight excluding hydrogens is 456 g/mol. The first-order chi connectivity index (χ1) is 14.9. The first-order valence-corrected chi connectivity index (χ1v) is 8.50. The standard InChI is InChI=1S/C10H6F4O2.C10H4F4O2/c2*11-8-2-1-7(10(12,13)14)6-3-5(4-15)16-9(6)8/h1-3,15H,4H2;1-4H. The van der Waals surface area contributed by atoms with Gasteiger partial charge >= 0.3 is 12.4 Å². The van der Waals surface area contributed by atoms with E-state index in [1.165, 1.54) is 0 Å². The van der Waals surface area contributed by atoms with Crippen molar-refractivity contribution in [2.45, 2.75) is 19.0 Å². The second kappa shape index (κ2) is 8.26. The average molecular weight is 466 g/mol. The molecule has 4 rings (SSSR count). The van der Waals surface area contributed by atoms with E-state index in [9.17, 15) is 39.9 Å². The Labute approximate surface area is 172 Å². The molecule has 0 fully saturated rings. The Morgan fingerprint density at radius 3 is 1.69 bits per heavy atom. The van der Waals surface area contributed by atoms with Crippen LogP contribution < -0.4 is 0 Å². The lowest BCUT2D eigenvalue weighted by molar-refractivity contribution is -0.137. The number of halogens is 8. The summed E-state index contributed by atoms with van der Waals surface area (Å²) in [5.74, 6) is -2.27. The molecule has 0 bridgehead atoms. The minimum atomic E-state index is -4.62. The maximum atomic E-state index is 13.2. The smallest absolute Gasteiger partial charge is 0.417 e. The van der Waals surface area contributed by atoms with Gasteiger partial charge in [-0.3, -0.25) is 4.79 Å². The van der Waals surface area contributed by atoms with Crippen molar-refractivity contribution < 1.29 is 53.9 Å². The zero-order valence-corrected chi connectivity index (χ0v) is 15.4. The minimum Gasteiger partial charge on any atom is -0.456 e. The number of benzene rings is 2. The van der Waals surface area contributed by atoms with Crippen LogP contribution in [-0.2, 0) is 19.0 Å². The van der Waals surface area contributed by atoms with E-state index < -0.39 is 58.3 Å². The number of alkyl halides is 6. The number of aliphatic hydroxyl groups excluding tert-OH is 1. The Morgan fingerprint density at radius 1 is 0.781 bits per heavy atom. The van der Waals surface area contributed by atoms with E-state index in [0.29, 0.717) is 24.3 Å². The quantitative estimate of drug-likeness (QED) is 0.271. The first-order valence-electron chi connectivity index (χ1n) is 8.50. The lowest BCUT2D eigenvalue weighted by Crippen LogP contribution is -2.05. The molecule has 0 saturated carbocycles. The third-order valence-electron chi connectivity index (χ3n) is 4.22. The molecule has 0 atom stereocenters. The molecule has 0 aliphatic rings. The Hall–Kier alpha value is -3.41. The van der Waals surface area contributed by atoms with E-state index in [2.05, 4.69) is 4.42 Å². The Kier molecular flexibility index (Phi) is 6.00. The van der Waals surface area contributed by atoms with E-state index >= 15 is 0 Å². The van der Waals surface area contributed by atoms with Crippen LogP contribution in [0.5, 0.6) is 0 Å². The predicted molar refractivity (Wildman–Crippen MR) is 93.7 cm³/mol. The van der Waals surface area contributed by atoms with Crippen molar-refractivity contribution in [2.75, 3.05) is 0 Å². The number of aldehydes is 1. The fraction of sp³-hybridized carbons (Fsp3) is 0.150. The van der Waals surface area contributed by atoms with Gasteiger partial charge in [0.05, 0.1) is 11.1 Å². The summed E-state index contributed by atoms with van der Waals surface area (Å²) >= 11 is 0. The molecule has 2 aromatic heterocycles. The van der Waals surface area contributed by atoms with Crippen LogP contribution >= 0.6 is 0 Å². The third-order valence-corrected chi connectivity index (χ3v) is 4.22. The number of aliphatic hydroxyl groups is 1. The van der Waals surface area contributed by atoms with E-state index in [-0.39, 0.29) is 23.2 Å². The summed E-state index contributed by atoms with van der Waals surface area (Å²) in [5, 5.41) is 7.90. The number of carbonyl (C=O) groups is 1. The normalized spacial score (nSPS) is 12.2. The molecule has 0 aliphatic heterocycles. The zero-order chi connectivity index (χ0) is 23.8. The molecule has 4 nitrogen and oxygen atoms in total. The molecule has 2 heterocycles. The second-order valence-corrected chi connectivity index (χ2v) is 6.31. The van der Waals surface area contributed by atoms with Gasteiger partial charge in [-0.05, 0) is 36.4 Å². The molecule has 1 N–H and O–H groups in total. The predicted octanol–water partition coefficient (Wildman–Crippen LogP) is 6.49. The van der Waals surface area contributed by atoms with Crippen LogP contribution in [0.3, 0.4) is 0 Å². The van der Waals surface area contributed by atoms with Crippen molar-refractivity contribution >= 4 is 28.2 Å². The largest absolute Gasteiger partial charge is 0.456 e. The van der Waals surface area contributed by atoms with Crippen molar-refractivity contribution in [3.05, 3.63) is 70.7 Å². The molecule has 0 radical (unpaired) electrons. The van der Waals surface area contributed by atoms with Crippen LogP contribution in [0.2, 0.25) is 0 Å². The minimum absolute atomic E-state index is 0.106. The highest BCUT2D eigenvalue weighted by Crippen LogP contribution is 2.38. The zero-order valence-electron chi connectivity index (χ0n) is 15.4. The fourth-order valence-corrected chi connectivity index (χ4v) is 2.88. The lowest BCUT2D eigenvalue weighted by atomic mass is 10.1. The summed E-state index contributed by atoms with van der Waals surface area (Å²) in [6.45, 7) is -0.578. The summed E-state index contributed by atoms with van der Waals surface area (Å²) in [4.78, 5) is 10.4. The highest BCUT2D eigenvalue weighted by Gasteiger charge is 2.35. The van der Waals surface area contributed by atoms with Crippen molar-refractivity contribution in [1.82, 2.24) is 0 Å². The third kappa shape index (κ3) is 4.44. The Balaban J connectivity index is 0.000000181. The van der Waals surface area contributed by atoms with Gasteiger partial charge in [-0.1, -0.05) is 0 Å². The summed E-state index contributed by atoms with van der Waals surface area (Å²) < 4.78 is 111. The average Bonchev–Trinajstić information content (AvgIpc) is 3.32. The molecule has 0 saturated heterocycles. The van der Waals surface area contributed by atoms with E-state index in [4.69, 9.17) is 9.52 Å². The molecule has 0 aliphatic carbocycles. The summed E-state index contributed by atoms with van der Waals surface area (Å²) in [6.07, 6.45) is -8.97. The van der Waals surface area contributed by atoms with Gasteiger partial charge in [0.2, 0.25) is 0 Å². The molecular formula is C20H10F8O4. The van der Waals surface area contributed by atoms with Crippen LogP contribution in [-0.4, -0.2) is 11.4 Å². The van der Waals surface area contributed by atoms with E-state index in [1.54, 1.807) is 0 Å². The number of carbonyl (C=O) groups excluding carboxylic acids is 1. The molecule has 32 heavy (non-hydrogen) atoms. The Bertz CT molecular complexity index is 1280. The lowest BCUT2D eigenvalue weighted by Gasteiger charge is -2.06. The van der Waals surface area contributed by atoms with Gasteiger partial charge in [0, 0.05) is 10.8 Å². The van der Waals surface area contributed by atoms with Crippen LogP contribution in [0.25, 0.3) is 21.9 Å². The maximum Gasteiger partial charge on any atom is 0.417 e. The van der Waals surface area contributed by atoms with Gasteiger partial charge in [-0.2, -0.15) is 26.3 Å². The first kappa shape index (κ1) is 23.3. The van der Waals surface area contributed by atoms with Crippen LogP contribution in [0.15, 0.2) is 45.2 Å². The number of hydrogen-bond donors (Lipinski definition) is 1. The van der Waals surface area contributed by atoms with Gasteiger partial charge in [-0.25, -0.2) is 8.78 Å². The summed E-state index contributed by atoms with van der Waals surface area (Å²) in [7, 11) is 0. The molecule has 12 heteroatoms. The van der Waals surface area contributed by atoms with Crippen LogP contribution in [0.4, 0.5) is 35.1 Å². The number of rotatable bonds is 2. The summed E-state index contributed by atoms with van der Waals surface area (Å²) in [6, 6.07) is 4.46. The van der Waals surface area contributed by atoms with Gasteiger partial charge in [-0.15, -0.1) is 0 Å². The SMILES string of the molecule is O=Cc1cc2c(C(F)(F)F)ccc(F)c2o1.OCc1cc2c(C(F)(F)F)ccc(F)c2o1. The van der Waals surface area contributed by atoms with Crippen molar-refractivity contribution in [2.24, 2.45) is 0 Å². The number of fused-ring (bicyclic) bond motifs is 2. The fourth-order valence-electron chi connectivity index (χ4n) is 2.88. The highest BCUT2D eigenvalue weighted by molar-refractivity contribution is 5.88. The van der Waals surface area contributed by atoms with Crippen LogP contribution in [0.1, 0.15) is 27.4 Å². The monoisotopic (exact) mass is 466 g/mol. The summed E-state index contributed by atoms with van der Waals surface area (Å²) in [5.41, 5.74) is -3.05. The number of hydrogen-bond acceptors (Lipinski definition) is 4. The maximum absolute atomic E-state index is 13.2. The second-order valence-electron chi connectivity index (χ2n) is 6.31. The van der Waals surface area contributed by atoms with Gasteiger partial charge < -0.3 is 13.9 Å². The van der Waals surface area contributed by atoms with Crippen LogP contribution in [0, 0.1) is 11.6 Å². The molecule has 0 spiro atoms. The van der Waals surface area contributed by atoms with E-state index in [1.807, 2.05) is 0 Å². The van der Waals surface area contributed by atoms with Gasteiger partial charge in [0.1, 0.15) is 12.4 Å². The van der Waals surface area contributed by atoms with Gasteiger partial charge in [0.25, 0.3) is 0 Å². The number of furan rings is 2. The van der Waals surface area contributed by atoms with Crippen molar-refractivity contribution in [3.8, 4) is 0 Å². The van der Waals surface area contributed by atoms with Gasteiger partial charge in [0.15, 0.2) is 34.8 Å². The van der Waals surface area contributed by atoms with E-state index in [0.717, 1.165) is 12.1 Å². The topological polar surface area (TPSA) is 63.6 Å². The molecule has 0 unspecified atom stereocenters. The molecule has 0 amide bonds. The van der Waals surface area contributed by atoms with Crippen molar-refractivity contribution in [3.63, 3.8) is 0 Å². The van der Waals surface area contributed by atoms with Crippen molar-refractivity contribution in [1.29, 1.82) is 0 Å². The molecule has 2 aromatic carbocycles.